The van der Waals surface area contributed by atoms with E-state index < -0.39 is 5.60 Å². The molecule has 2 heterocycles. The minimum absolute atomic E-state index is 0.137. The maximum absolute atomic E-state index is 12.6. The lowest BCUT2D eigenvalue weighted by atomic mass is 9.90. The average molecular weight is 351 g/mol. The minimum atomic E-state index is -0.859. The molecule has 1 aliphatic carbocycles. The van der Waals surface area contributed by atoms with Gasteiger partial charge in [0.2, 0.25) is 11.8 Å². The van der Waals surface area contributed by atoms with Crippen LogP contribution in [0.15, 0.2) is 4.52 Å². The molecular formula is C18H29N3O4. The lowest BCUT2D eigenvalue weighted by Gasteiger charge is -2.30. The number of carbonyl (C=O) groups is 1. The molecule has 2 N–H and O–H groups in total. The van der Waals surface area contributed by atoms with E-state index in [0.717, 1.165) is 25.7 Å². The Morgan fingerprint density at radius 3 is 2.60 bits per heavy atom. The van der Waals surface area contributed by atoms with Gasteiger partial charge in [-0.25, -0.2) is 0 Å². The van der Waals surface area contributed by atoms with Crippen molar-refractivity contribution < 1.29 is 19.2 Å². The summed E-state index contributed by atoms with van der Waals surface area (Å²) < 4.78 is 10.9. The summed E-state index contributed by atoms with van der Waals surface area (Å²) in [6.07, 6.45) is 5.17. The van der Waals surface area contributed by atoms with Gasteiger partial charge in [0, 0.05) is 19.1 Å². The fourth-order valence-electron chi connectivity index (χ4n) is 3.77. The molecule has 25 heavy (non-hydrogen) atoms. The minimum Gasteiger partial charge on any atom is -0.389 e. The Kier molecular flexibility index (Phi) is 5.74. The topological polar surface area (TPSA) is 97.5 Å². The van der Waals surface area contributed by atoms with Gasteiger partial charge in [-0.15, -0.1) is 0 Å². The zero-order valence-electron chi connectivity index (χ0n) is 15.2. The second-order valence-electron chi connectivity index (χ2n) is 7.75. The molecule has 1 aromatic heterocycles. The molecule has 1 aliphatic heterocycles. The highest BCUT2D eigenvalue weighted by molar-refractivity contribution is 5.77. The normalized spacial score (nSPS) is 22.2. The maximum atomic E-state index is 12.6. The van der Waals surface area contributed by atoms with Crippen LogP contribution in [0.2, 0.25) is 0 Å². The van der Waals surface area contributed by atoms with Crippen LogP contribution in [0.4, 0.5) is 0 Å². The molecule has 0 unspecified atom stereocenters. The number of nitrogens with one attached hydrogen (secondary N) is 1. The van der Waals surface area contributed by atoms with Gasteiger partial charge in [0.05, 0.1) is 12.0 Å². The molecule has 1 aromatic rings. The first-order valence-corrected chi connectivity index (χ1v) is 9.40. The van der Waals surface area contributed by atoms with Gasteiger partial charge < -0.3 is 19.7 Å². The summed E-state index contributed by atoms with van der Waals surface area (Å²) in [7, 11) is 0. The molecule has 7 heteroatoms. The van der Waals surface area contributed by atoms with Gasteiger partial charge in [0.25, 0.3) is 0 Å². The maximum Gasteiger partial charge on any atom is 0.249 e. The van der Waals surface area contributed by atoms with Crippen molar-refractivity contribution in [2.45, 2.75) is 76.4 Å². The Balaban J connectivity index is 1.72. The third kappa shape index (κ3) is 4.58. The Hall–Kier alpha value is -1.47. The Bertz CT molecular complexity index is 575. The smallest absolute Gasteiger partial charge is 0.249 e. The molecule has 1 saturated heterocycles. The van der Waals surface area contributed by atoms with E-state index in [9.17, 15) is 9.90 Å². The number of carbonyl (C=O) groups excluding carboxylic acids is 1. The number of aromatic nitrogens is 2. The molecule has 140 valence electrons. The number of nitrogens with zero attached hydrogens (tertiary/aromatic N) is 2. The van der Waals surface area contributed by atoms with Gasteiger partial charge in [0.15, 0.2) is 5.82 Å². The highest BCUT2D eigenvalue weighted by Gasteiger charge is 2.36. The van der Waals surface area contributed by atoms with Crippen LogP contribution in [0.25, 0.3) is 0 Å². The predicted molar refractivity (Wildman–Crippen MR) is 90.8 cm³/mol. The van der Waals surface area contributed by atoms with Crippen molar-refractivity contribution >= 4 is 5.91 Å². The zero-order chi connectivity index (χ0) is 17.9. The fourth-order valence-corrected chi connectivity index (χ4v) is 3.77. The van der Waals surface area contributed by atoms with E-state index in [1.54, 1.807) is 0 Å². The van der Waals surface area contributed by atoms with Crippen molar-refractivity contribution in [1.29, 1.82) is 0 Å². The molecule has 2 fully saturated rings. The van der Waals surface area contributed by atoms with Gasteiger partial charge in [-0.05, 0) is 31.6 Å². The van der Waals surface area contributed by atoms with Gasteiger partial charge in [-0.3, -0.25) is 4.79 Å². The van der Waals surface area contributed by atoms with E-state index in [-0.39, 0.29) is 30.2 Å². The number of rotatable bonds is 6. The summed E-state index contributed by atoms with van der Waals surface area (Å²) in [6.45, 7) is 5.36. The van der Waals surface area contributed by atoms with Crippen LogP contribution in [0.5, 0.6) is 0 Å². The number of aliphatic hydroxyl groups is 1. The molecule has 1 amide bonds. The average Bonchev–Trinajstić information content (AvgIpc) is 3.23. The number of hydrogen-bond acceptors (Lipinski definition) is 6. The standard InChI is InChI=1S/C18H29N3O4/c1-12(2)16-20-17(25-21-16)15(13-5-9-24-10-6-13)19-14(22)11-18(23)7-3-4-8-18/h12-13,15,23H,3-11H2,1-2H3,(H,19,22)/t15-/m1/s1. The van der Waals surface area contributed by atoms with E-state index in [0.29, 0.717) is 37.8 Å². The lowest BCUT2D eigenvalue weighted by molar-refractivity contribution is -0.127. The van der Waals surface area contributed by atoms with E-state index in [2.05, 4.69) is 15.5 Å². The van der Waals surface area contributed by atoms with Crippen LogP contribution in [0.3, 0.4) is 0 Å². The van der Waals surface area contributed by atoms with Crippen molar-refractivity contribution in [3.63, 3.8) is 0 Å². The second kappa shape index (κ2) is 7.83. The third-order valence-electron chi connectivity index (χ3n) is 5.32. The first-order valence-electron chi connectivity index (χ1n) is 9.40. The predicted octanol–water partition coefficient (Wildman–Crippen LogP) is 2.47. The summed E-state index contributed by atoms with van der Waals surface area (Å²) in [4.78, 5) is 17.1. The van der Waals surface area contributed by atoms with Gasteiger partial charge in [-0.2, -0.15) is 4.98 Å². The zero-order valence-corrected chi connectivity index (χ0v) is 15.2. The first-order chi connectivity index (χ1) is 12.0. The van der Waals surface area contributed by atoms with Gasteiger partial charge in [-0.1, -0.05) is 31.8 Å². The monoisotopic (exact) mass is 351 g/mol. The lowest BCUT2D eigenvalue weighted by Crippen LogP contribution is -2.40. The highest BCUT2D eigenvalue weighted by atomic mass is 16.5. The molecule has 0 spiro atoms. The van der Waals surface area contributed by atoms with Crippen molar-refractivity contribution in [3.05, 3.63) is 11.7 Å². The highest BCUT2D eigenvalue weighted by Crippen LogP contribution is 2.34. The Morgan fingerprint density at radius 1 is 1.32 bits per heavy atom. The molecule has 1 saturated carbocycles. The van der Waals surface area contributed by atoms with Crippen LogP contribution in [-0.4, -0.2) is 40.0 Å². The van der Waals surface area contributed by atoms with Gasteiger partial charge >= 0.3 is 0 Å². The number of ether oxygens (including phenoxy) is 1. The van der Waals surface area contributed by atoms with Gasteiger partial charge in [0.1, 0.15) is 6.04 Å². The number of amides is 1. The van der Waals surface area contributed by atoms with Crippen molar-refractivity contribution in [1.82, 2.24) is 15.5 Å². The van der Waals surface area contributed by atoms with Crippen LogP contribution < -0.4 is 5.32 Å². The van der Waals surface area contributed by atoms with Crippen molar-refractivity contribution in [3.8, 4) is 0 Å². The molecular weight excluding hydrogens is 322 g/mol. The van der Waals surface area contributed by atoms with Crippen molar-refractivity contribution in [2.75, 3.05) is 13.2 Å². The van der Waals surface area contributed by atoms with E-state index in [1.165, 1.54) is 0 Å². The van der Waals surface area contributed by atoms with Crippen LogP contribution >= 0.6 is 0 Å². The SMILES string of the molecule is CC(C)c1noc([C@H](NC(=O)CC2(O)CCCC2)C2CCOCC2)n1. The van der Waals surface area contributed by atoms with Crippen molar-refractivity contribution in [2.24, 2.45) is 5.92 Å². The Morgan fingerprint density at radius 2 is 2.00 bits per heavy atom. The summed E-state index contributed by atoms with van der Waals surface area (Å²) in [5.74, 6) is 1.34. The van der Waals surface area contributed by atoms with Crippen LogP contribution in [0.1, 0.15) is 82.5 Å². The second-order valence-corrected chi connectivity index (χ2v) is 7.75. The molecule has 1 atom stereocenters. The van der Waals surface area contributed by atoms with E-state index in [1.807, 2.05) is 13.8 Å². The largest absolute Gasteiger partial charge is 0.389 e. The molecule has 2 aliphatic rings. The third-order valence-corrected chi connectivity index (χ3v) is 5.32. The summed E-state index contributed by atoms with van der Waals surface area (Å²) in [5.41, 5.74) is -0.859. The summed E-state index contributed by atoms with van der Waals surface area (Å²) in [6, 6.07) is -0.318. The van der Waals surface area contributed by atoms with E-state index in [4.69, 9.17) is 9.26 Å². The molecule has 7 nitrogen and oxygen atoms in total. The van der Waals surface area contributed by atoms with E-state index >= 15 is 0 Å². The summed E-state index contributed by atoms with van der Waals surface area (Å²) in [5, 5.41) is 17.6. The number of hydrogen-bond donors (Lipinski definition) is 2. The molecule has 3 rings (SSSR count). The summed E-state index contributed by atoms with van der Waals surface area (Å²) >= 11 is 0. The van der Waals surface area contributed by atoms with Crippen LogP contribution in [-0.2, 0) is 9.53 Å². The molecule has 0 radical (unpaired) electrons. The quantitative estimate of drug-likeness (QED) is 0.817. The van der Waals surface area contributed by atoms with Crippen LogP contribution in [0, 0.1) is 5.92 Å². The molecule has 0 aromatic carbocycles. The fraction of sp³-hybridized carbons (Fsp3) is 0.833. The molecule has 0 bridgehead atoms. The first kappa shape index (κ1) is 18.3. The Labute approximate surface area is 148 Å².